The first-order chi connectivity index (χ1) is 14.8. The minimum Gasteiger partial charge on any atom is -0.493 e. The van der Waals surface area contributed by atoms with Gasteiger partial charge in [-0.1, -0.05) is 32.0 Å². The first-order valence-corrected chi connectivity index (χ1v) is 10.8. The van der Waals surface area contributed by atoms with E-state index < -0.39 is 6.04 Å². The van der Waals surface area contributed by atoms with Gasteiger partial charge in [0.1, 0.15) is 6.04 Å². The van der Waals surface area contributed by atoms with Crippen LogP contribution in [0, 0.1) is 31.6 Å². The zero-order valence-electron chi connectivity index (χ0n) is 19.3. The van der Waals surface area contributed by atoms with Crippen molar-refractivity contribution in [3.63, 3.8) is 0 Å². The van der Waals surface area contributed by atoms with E-state index in [0.717, 1.165) is 22.7 Å². The van der Waals surface area contributed by atoms with E-state index in [9.17, 15) is 9.59 Å². The van der Waals surface area contributed by atoms with E-state index in [2.05, 4.69) is 5.32 Å². The number of anilines is 1. The molecule has 0 spiro atoms. The quantitative estimate of drug-likeness (QED) is 0.743. The Balaban J connectivity index is 1.84. The highest BCUT2D eigenvalue weighted by Gasteiger charge is 2.39. The van der Waals surface area contributed by atoms with E-state index in [1.165, 1.54) is 0 Å². The molecule has 2 unspecified atom stereocenters. The first kappa shape index (κ1) is 22.9. The lowest BCUT2D eigenvalue weighted by Crippen LogP contribution is -2.50. The summed E-state index contributed by atoms with van der Waals surface area (Å²) >= 11 is 0. The molecule has 6 nitrogen and oxygen atoms in total. The highest BCUT2D eigenvalue weighted by molar-refractivity contribution is 5.98. The standard InChI is InChI=1S/C25H33N2O4/c1-15(2)24(25(29)26-23-16(3)8-7-9-17(23)4)27-11-10-18-12-20(30-5)21(31-6)13-19(18)14-22(27)28/h7-9,12-13,15,19,24H,10-11,14H2,1-6H3,(H,26,29). The number of nitrogens with one attached hydrogen (secondary N) is 1. The van der Waals surface area contributed by atoms with Crippen molar-refractivity contribution in [2.75, 3.05) is 26.1 Å². The molecule has 1 heterocycles. The Morgan fingerprint density at radius 3 is 2.35 bits per heavy atom. The minimum atomic E-state index is -0.538. The van der Waals surface area contributed by atoms with Gasteiger partial charge in [-0.05, 0) is 55.4 Å². The number of benzene rings is 1. The van der Waals surface area contributed by atoms with Crippen molar-refractivity contribution in [2.45, 2.75) is 46.6 Å². The van der Waals surface area contributed by atoms with Gasteiger partial charge in [0.15, 0.2) is 11.5 Å². The first-order valence-electron chi connectivity index (χ1n) is 10.8. The molecule has 31 heavy (non-hydrogen) atoms. The molecule has 2 aliphatic rings. The highest BCUT2D eigenvalue weighted by atomic mass is 16.5. The Morgan fingerprint density at radius 1 is 1.13 bits per heavy atom. The second-order valence-corrected chi connectivity index (χ2v) is 8.62. The number of ether oxygens (including phenoxy) is 2. The van der Waals surface area contributed by atoms with Gasteiger partial charge in [0.25, 0.3) is 0 Å². The lowest BCUT2D eigenvalue weighted by Gasteiger charge is -2.33. The van der Waals surface area contributed by atoms with Gasteiger partial charge in [-0.25, -0.2) is 0 Å². The molecule has 2 amide bonds. The highest BCUT2D eigenvalue weighted by Crippen LogP contribution is 2.37. The Labute approximate surface area is 185 Å². The van der Waals surface area contributed by atoms with Crippen LogP contribution < -0.4 is 5.32 Å². The molecule has 2 atom stereocenters. The van der Waals surface area contributed by atoms with E-state index in [-0.39, 0.29) is 23.7 Å². The van der Waals surface area contributed by atoms with E-state index in [1.807, 2.05) is 58.0 Å². The predicted molar refractivity (Wildman–Crippen MR) is 121 cm³/mol. The van der Waals surface area contributed by atoms with Crippen LogP contribution >= 0.6 is 0 Å². The molecule has 1 aromatic rings. The molecule has 0 saturated carbocycles. The SMILES string of the molecule is COC1=C[C]2CCN(C(C(=O)Nc3c(C)cccc3C)C(C)C)C(=O)CC2C=C1OC. The van der Waals surface area contributed by atoms with Crippen molar-refractivity contribution in [3.8, 4) is 0 Å². The molecule has 167 valence electrons. The molecule has 6 heteroatoms. The van der Waals surface area contributed by atoms with Gasteiger partial charge in [-0.2, -0.15) is 0 Å². The molecule has 1 aliphatic carbocycles. The van der Waals surface area contributed by atoms with Gasteiger partial charge in [0.05, 0.1) is 14.2 Å². The number of allylic oxidation sites excluding steroid dienone is 2. The molecular weight excluding hydrogens is 392 g/mol. The molecule has 3 rings (SSSR count). The predicted octanol–water partition coefficient (Wildman–Crippen LogP) is 4.15. The average Bonchev–Trinajstić information content (AvgIpc) is 2.88. The van der Waals surface area contributed by atoms with Crippen LogP contribution in [0.25, 0.3) is 0 Å². The van der Waals surface area contributed by atoms with Gasteiger partial charge in [0.2, 0.25) is 11.8 Å². The maximum Gasteiger partial charge on any atom is 0.247 e. The lowest BCUT2D eigenvalue weighted by molar-refractivity contribution is -0.140. The summed E-state index contributed by atoms with van der Waals surface area (Å²) in [6.45, 7) is 8.42. The van der Waals surface area contributed by atoms with Crippen LogP contribution in [0.1, 0.15) is 37.8 Å². The maximum atomic E-state index is 13.4. The molecule has 1 saturated heterocycles. The van der Waals surface area contributed by atoms with Crippen molar-refractivity contribution >= 4 is 17.5 Å². The summed E-state index contributed by atoms with van der Waals surface area (Å²) in [6, 6.07) is 5.39. The van der Waals surface area contributed by atoms with Gasteiger partial charge in [-0.3, -0.25) is 9.59 Å². The normalized spacial score (nSPS) is 20.4. The smallest absolute Gasteiger partial charge is 0.247 e. The zero-order chi connectivity index (χ0) is 22.7. The topological polar surface area (TPSA) is 67.9 Å². The number of carbonyl (C=O) groups excluding carboxylic acids is 2. The number of carbonyl (C=O) groups is 2. The van der Waals surface area contributed by atoms with E-state index >= 15 is 0 Å². The van der Waals surface area contributed by atoms with Crippen molar-refractivity contribution in [2.24, 2.45) is 11.8 Å². The number of aryl methyl sites for hydroxylation is 2. The number of hydrogen-bond donors (Lipinski definition) is 1. The van der Waals surface area contributed by atoms with Gasteiger partial charge in [0, 0.05) is 24.6 Å². The monoisotopic (exact) mass is 425 g/mol. The summed E-state index contributed by atoms with van der Waals surface area (Å²) in [4.78, 5) is 28.4. The summed E-state index contributed by atoms with van der Waals surface area (Å²) in [6.07, 6.45) is 4.93. The number of fused-ring (bicyclic) bond motifs is 1. The summed E-state index contributed by atoms with van der Waals surface area (Å²) in [5, 5.41) is 3.09. The molecule has 1 aromatic carbocycles. The Kier molecular flexibility index (Phi) is 7.08. The maximum absolute atomic E-state index is 13.4. The van der Waals surface area contributed by atoms with E-state index in [0.29, 0.717) is 30.9 Å². The van der Waals surface area contributed by atoms with Crippen LogP contribution in [0.4, 0.5) is 5.69 Å². The minimum absolute atomic E-state index is 0.0173. The third-order valence-electron chi connectivity index (χ3n) is 6.15. The summed E-state index contributed by atoms with van der Waals surface area (Å²) in [5.74, 6) is 2.22. The zero-order valence-corrected chi connectivity index (χ0v) is 19.3. The fraction of sp³-hybridized carbons (Fsp3) is 0.480. The van der Waals surface area contributed by atoms with E-state index in [1.54, 1.807) is 19.1 Å². The summed E-state index contributed by atoms with van der Waals surface area (Å²) in [7, 11) is 3.21. The Bertz CT molecular complexity index is 883. The second-order valence-electron chi connectivity index (χ2n) is 8.62. The number of nitrogens with zero attached hydrogens (tertiary/aromatic N) is 1. The molecular formula is C25H33N2O4. The van der Waals surface area contributed by atoms with Gasteiger partial charge in [-0.15, -0.1) is 0 Å². The van der Waals surface area contributed by atoms with Crippen LogP contribution in [-0.2, 0) is 19.1 Å². The van der Waals surface area contributed by atoms with Crippen LogP contribution in [0.5, 0.6) is 0 Å². The Morgan fingerprint density at radius 2 is 1.77 bits per heavy atom. The Hall–Kier alpha value is -2.76. The van der Waals surface area contributed by atoms with Crippen molar-refractivity contribution in [3.05, 3.63) is 58.9 Å². The summed E-state index contributed by atoms with van der Waals surface area (Å²) < 4.78 is 10.9. The van der Waals surface area contributed by atoms with Crippen molar-refractivity contribution < 1.29 is 19.1 Å². The lowest BCUT2D eigenvalue weighted by atomic mass is 9.83. The molecule has 1 radical (unpaired) electrons. The number of methoxy groups -OCH3 is 2. The molecule has 1 aliphatic heterocycles. The molecule has 1 fully saturated rings. The average molecular weight is 426 g/mol. The van der Waals surface area contributed by atoms with Crippen LogP contribution in [0.15, 0.2) is 41.9 Å². The number of para-hydroxylation sites is 1. The number of hydrogen-bond acceptors (Lipinski definition) is 4. The number of rotatable bonds is 6. The van der Waals surface area contributed by atoms with Crippen LogP contribution in [-0.4, -0.2) is 43.5 Å². The van der Waals surface area contributed by atoms with Crippen molar-refractivity contribution in [1.82, 2.24) is 4.90 Å². The van der Waals surface area contributed by atoms with E-state index in [4.69, 9.17) is 9.47 Å². The van der Waals surface area contributed by atoms with Gasteiger partial charge >= 0.3 is 0 Å². The largest absolute Gasteiger partial charge is 0.493 e. The number of amides is 2. The number of likely N-dealkylation sites (tertiary alicyclic amines) is 1. The van der Waals surface area contributed by atoms with Crippen molar-refractivity contribution in [1.29, 1.82) is 0 Å². The third kappa shape index (κ3) is 4.78. The molecule has 0 aromatic heterocycles. The fourth-order valence-corrected chi connectivity index (χ4v) is 4.48. The molecule has 1 N–H and O–H groups in total. The third-order valence-corrected chi connectivity index (χ3v) is 6.15. The molecule has 0 bridgehead atoms. The second kappa shape index (κ2) is 9.58. The van der Waals surface area contributed by atoms with Crippen LogP contribution in [0.2, 0.25) is 0 Å². The van der Waals surface area contributed by atoms with Crippen LogP contribution in [0.3, 0.4) is 0 Å². The summed E-state index contributed by atoms with van der Waals surface area (Å²) in [5.41, 5.74) is 2.84. The fourth-order valence-electron chi connectivity index (χ4n) is 4.48. The van der Waals surface area contributed by atoms with Gasteiger partial charge < -0.3 is 19.7 Å².